The summed E-state index contributed by atoms with van der Waals surface area (Å²) in [5, 5.41) is 3.39. The molecule has 0 aromatic heterocycles. The summed E-state index contributed by atoms with van der Waals surface area (Å²) in [7, 11) is 2.07. The van der Waals surface area contributed by atoms with Gasteiger partial charge in [0, 0.05) is 6.04 Å². The van der Waals surface area contributed by atoms with Gasteiger partial charge in [0.05, 0.1) is 0 Å². The molecule has 1 aromatic carbocycles. The van der Waals surface area contributed by atoms with Gasteiger partial charge in [0.15, 0.2) is 0 Å². The van der Waals surface area contributed by atoms with Crippen molar-refractivity contribution in [1.82, 2.24) is 10.2 Å². The summed E-state index contributed by atoms with van der Waals surface area (Å²) in [6.07, 6.45) is 2.67. The van der Waals surface area contributed by atoms with Gasteiger partial charge in [0.2, 0.25) is 0 Å². The van der Waals surface area contributed by atoms with Crippen molar-refractivity contribution in [3.8, 4) is 0 Å². The van der Waals surface area contributed by atoms with E-state index in [9.17, 15) is 0 Å². The van der Waals surface area contributed by atoms with E-state index in [1.54, 1.807) is 0 Å². The zero-order valence-corrected chi connectivity index (χ0v) is 14.4. The van der Waals surface area contributed by atoms with E-state index in [1.165, 1.54) is 30.5 Å². The Bertz CT molecular complexity index is 428. The maximum atomic E-state index is 3.39. The number of benzene rings is 1. The van der Waals surface area contributed by atoms with Crippen LogP contribution in [0.5, 0.6) is 0 Å². The number of piperidine rings is 1. The fourth-order valence-electron chi connectivity index (χ4n) is 3.65. The number of rotatable bonds is 4. The molecule has 1 heterocycles. The number of likely N-dealkylation sites (tertiary alicyclic amines) is 1. The summed E-state index contributed by atoms with van der Waals surface area (Å²) in [5.41, 5.74) is 3.15. The minimum absolute atomic E-state index is 0.236. The summed E-state index contributed by atoms with van der Waals surface area (Å²) >= 11 is 0. The molecule has 0 bridgehead atoms. The summed E-state index contributed by atoms with van der Waals surface area (Å²) < 4.78 is 0. The molecule has 2 rings (SSSR count). The van der Waals surface area contributed by atoms with E-state index in [2.05, 4.69) is 69.2 Å². The molecule has 2 unspecified atom stereocenters. The molecular formula is C19H32N2. The third kappa shape index (κ3) is 3.87. The van der Waals surface area contributed by atoms with Gasteiger partial charge in [0.1, 0.15) is 0 Å². The van der Waals surface area contributed by atoms with E-state index in [0.717, 1.165) is 19.0 Å². The van der Waals surface area contributed by atoms with Crippen LogP contribution in [0.4, 0.5) is 0 Å². The SMILES string of the molecule is CCN1CCCC(CNC)C1c1ccc(C(C)(C)C)cc1. The highest BCUT2D eigenvalue weighted by molar-refractivity contribution is 5.30. The van der Waals surface area contributed by atoms with Crippen molar-refractivity contribution in [2.45, 2.75) is 52.0 Å². The molecule has 2 atom stereocenters. The fraction of sp³-hybridized carbons (Fsp3) is 0.684. The lowest BCUT2D eigenvalue weighted by Crippen LogP contribution is -2.42. The lowest BCUT2D eigenvalue weighted by Gasteiger charge is -2.41. The predicted molar refractivity (Wildman–Crippen MR) is 91.8 cm³/mol. The monoisotopic (exact) mass is 288 g/mol. The average Bonchev–Trinajstić information content (AvgIpc) is 2.46. The van der Waals surface area contributed by atoms with Gasteiger partial charge in [-0.15, -0.1) is 0 Å². The van der Waals surface area contributed by atoms with Crippen molar-refractivity contribution in [2.24, 2.45) is 5.92 Å². The highest BCUT2D eigenvalue weighted by Crippen LogP contribution is 2.36. The molecule has 21 heavy (non-hydrogen) atoms. The standard InChI is InChI=1S/C19H32N2/c1-6-21-13-7-8-16(14-20-5)18(21)15-9-11-17(12-10-15)19(2,3)4/h9-12,16,18,20H,6-8,13-14H2,1-5H3. The van der Waals surface area contributed by atoms with Crippen LogP contribution in [0.25, 0.3) is 0 Å². The van der Waals surface area contributed by atoms with Crippen LogP contribution < -0.4 is 5.32 Å². The van der Waals surface area contributed by atoms with Gasteiger partial charge in [-0.05, 0) is 62.0 Å². The van der Waals surface area contributed by atoms with E-state index in [1.807, 2.05) is 0 Å². The van der Waals surface area contributed by atoms with Crippen LogP contribution in [0.1, 0.15) is 57.7 Å². The van der Waals surface area contributed by atoms with Gasteiger partial charge < -0.3 is 5.32 Å². The Morgan fingerprint density at radius 3 is 2.38 bits per heavy atom. The van der Waals surface area contributed by atoms with Crippen LogP contribution >= 0.6 is 0 Å². The molecule has 2 heteroatoms. The van der Waals surface area contributed by atoms with Crippen molar-refractivity contribution >= 4 is 0 Å². The van der Waals surface area contributed by atoms with E-state index in [-0.39, 0.29) is 5.41 Å². The Hall–Kier alpha value is -0.860. The first-order valence-electron chi connectivity index (χ1n) is 8.46. The molecule has 1 N–H and O–H groups in total. The van der Waals surface area contributed by atoms with Crippen molar-refractivity contribution in [3.05, 3.63) is 35.4 Å². The fourth-order valence-corrected chi connectivity index (χ4v) is 3.65. The highest BCUT2D eigenvalue weighted by atomic mass is 15.2. The van der Waals surface area contributed by atoms with Crippen molar-refractivity contribution in [2.75, 3.05) is 26.7 Å². The number of hydrogen-bond acceptors (Lipinski definition) is 2. The molecule has 0 amide bonds. The first-order valence-corrected chi connectivity index (χ1v) is 8.46. The van der Waals surface area contributed by atoms with Gasteiger partial charge in [-0.3, -0.25) is 4.90 Å². The molecule has 0 saturated carbocycles. The lowest BCUT2D eigenvalue weighted by atomic mass is 9.82. The molecule has 0 aliphatic carbocycles. The van der Waals surface area contributed by atoms with E-state index in [4.69, 9.17) is 0 Å². The van der Waals surface area contributed by atoms with E-state index in [0.29, 0.717) is 6.04 Å². The molecule has 118 valence electrons. The van der Waals surface area contributed by atoms with Crippen molar-refractivity contribution in [3.63, 3.8) is 0 Å². The minimum Gasteiger partial charge on any atom is -0.319 e. The van der Waals surface area contributed by atoms with Crippen LogP contribution in [0.3, 0.4) is 0 Å². The molecule has 1 fully saturated rings. The normalized spacial score (nSPS) is 24.2. The van der Waals surface area contributed by atoms with Gasteiger partial charge in [-0.25, -0.2) is 0 Å². The second kappa shape index (κ2) is 6.93. The van der Waals surface area contributed by atoms with Crippen LogP contribution in [0, 0.1) is 5.92 Å². The molecule has 1 aliphatic rings. The zero-order valence-electron chi connectivity index (χ0n) is 14.4. The van der Waals surface area contributed by atoms with Gasteiger partial charge in [-0.1, -0.05) is 52.0 Å². The molecule has 0 spiro atoms. The Kier molecular flexibility index (Phi) is 5.45. The summed E-state index contributed by atoms with van der Waals surface area (Å²) in [6, 6.07) is 9.96. The summed E-state index contributed by atoms with van der Waals surface area (Å²) in [4.78, 5) is 2.65. The second-order valence-corrected chi connectivity index (χ2v) is 7.41. The Balaban J connectivity index is 2.26. The average molecular weight is 288 g/mol. The van der Waals surface area contributed by atoms with Crippen molar-refractivity contribution in [1.29, 1.82) is 0 Å². The quantitative estimate of drug-likeness (QED) is 0.901. The highest BCUT2D eigenvalue weighted by Gasteiger charge is 2.31. The minimum atomic E-state index is 0.236. The second-order valence-electron chi connectivity index (χ2n) is 7.41. The smallest absolute Gasteiger partial charge is 0.0388 e. The van der Waals surface area contributed by atoms with Gasteiger partial charge in [-0.2, -0.15) is 0 Å². The number of nitrogens with zero attached hydrogens (tertiary/aromatic N) is 1. The maximum Gasteiger partial charge on any atom is 0.0388 e. The molecule has 2 nitrogen and oxygen atoms in total. The largest absolute Gasteiger partial charge is 0.319 e. The van der Waals surface area contributed by atoms with E-state index >= 15 is 0 Å². The lowest BCUT2D eigenvalue weighted by molar-refractivity contribution is 0.0982. The topological polar surface area (TPSA) is 15.3 Å². The van der Waals surface area contributed by atoms with E-state index < -0.39 is 0 Å². The first kappa shape index (κ1) is 16.5. The molecule has 1 aromatic rings. The third-order valence-electron chi connectivity index (χ3n) is 4.85. The van der Waals surface area contributed by atoms with Gasteiger partial charge >= 0.3 is 0 Å². The van der Waals surface area contributed by atoms with Gasteiger partial charge in [0.25, 0.3) is 0 Å². The molecular weight excluding hydrogens is 256 g/mol. The Labute approximate surface area is 130 Å². The van der Waals surface area contributed by atoms with Crippen LogP contribution in [0.2, 0.25) is 0 Å². The molecule has 0 radical (unpaired) electrons. The van der Waals surface area contributed by atoms with Crippen LogP contribution in [-0.4, -0.2) is 31.6 Å². The first-order chi connectivity index (χ1) is 9.97. The summed E-state index contributed by atoms with van der Waals surface area (Å²) in [6.45, 7) is 12.6. The third-order valence-corrected chi connectivity index (χ3v) is 4.85. The predicted octanol–water partition coefficient (Wildman–Crippen LogP) is 3.98. The van der Waals surface area contributed by atoms with Crippen LogP contribution in [0.15, 0.2) is 24.3 Å². The zero-order chi connectivity index (χ0) is 15.5. The number of nitrogens with one attached hydrogen (secondary N) is 1. The summed E-state index contributed by atoms with van der Waals surface area (Å²) in [5.74, 6) is 0.726. The number of hydrogen-bond donors (Lipinski definition) is 1. The molecule has 1 saturated heterocycles. The Morgan fingerprint density at radius 1 is 1.19 bits per heavy atom. The molecule has 1 aliphatic heterocycles. The van der Waals surface area contributed by atoms with Crippen molar-refractivity contribution < 1.29 is 0 Å². The van der Waals surface area contributed by atoms with Crippen LogP contribution in [-0.2, 0) is 5.41 Å². The maximum absolute atomic E-state index is 3.39. The Morgan fingerprint density at radius 2 is 1.86 bits per heavy atom.